The molecule has 0 aliphatic rings. The van der Waals surface area contributed by atoms with E-state index in [9.17, 15) is 0 Å². The topological polar surface area (TPSA) is 74.1 Å². The molecule has 30 heavy (non-hydrogen) atoms. The molecule has 9 heteroatoms. The summed E-state index contributed by atoms with van der Waals surface area (Å²) in [7, 11) is 0. The number of benzene rings is 2. The molecule has 0 aliphatic heterocycles. The molecule has 0 spiro atoms. The van der Waals surface area contributed by atoms with Crippen molar-refractivity contribution in [2.75, 3.05) is 11.9 Å². The normalized spacial score (nSPS) is 10.8. The number of hydrogen-bond donors (Lipinski definition) is 1. The fourth-order valence-corrected chi connectivity index (χ4v) is 3.52. The Morgan fingerprint density at radius 1 is 1.13 bits per heavy atom. The van der Waals surface area contributed by atoms with E-state index in [2.05, 4.69) is 43.7 Å². The summed E-state index contributed by atoms with van der Waals surface area (Å²) < 4.78 is 14.5. The molecule has 0 radical (unpaired) electrons. The van der Waals surface area contributed by atoms with Gasteiger partial charge in [0.25, 0.3) is 0 Å². The van der Waals surface area contributed by atoms with Crippen molar-refractivity contribution in [2.24, 2.45) is 0 Å². The number of anilines is 1. The van der Waals surface area contributed by atoms with Gasteiger partial charge in [0.05, 0.1) is 6.61 Å². The minimum atomic E-state index is 0.400. The van der Waals surface area contributed by atoms with Gasteiger partial charge in [-0.2, -0.15) is 0 Å². The van der Waals surface area contributed by atoms with Gasteiger partial charge in [-0.25, -0.2) is 4.68 Å². The van der Waals surface area contributed by atoms with Crippen molar-refractivity contribution in [3.05, 3.63) is 57.0 Å². The van der Waals surface area contributed by atoms with Crippen molar-refractivity contribution in [3.63, 3.8) is 0 Å². The molecule has 1 heterocycles. The van der Waals surface area contributed by atoms with E-state index in [1.807, 2.05) is 43.3 Å². The van der Waals surface area contributed by atoms with Crippen LogP contribution in [-0.2, 0) is 19.7 Å². The van der Waals surface area contributed by atoms with Crippen molar-refractivity contribution in [1.29, 1.82) is 0 Å². The molecule has 3 rings (SSSR count). The van der Waals surface area contributed by atoms with E-state index < -0.39 is 0 Å². The molecule has 0 unspecified atom stereocenters. The number of hydrogen-bond acceptors (Lipinski definition) is 6. The highest BCUT2D eigenvalue weighted by molar-refractivity contribution is 9.10. The maximum atomic E-state index is 6.06. The first-order valence-electron chi connectivity index (χ1n) is 9.93. The Labute approximate surface area is 189 Å². The molecular formula is C21H25BrClN5O2. The lowest BCUT2D eigenvalue weighted by molar-refractivity contribution is 0.269. The van der Waals surface area contributed by atoms with Crippen LogP contribution in [0, 0.1) is 0 Å². The first-order valence-corrected chi connectivity index (χ1v) is 11.1. The molecular weight excluding hydrogens is 470 g/mol. The Morgan fingerprint density at radius 2 is 1.97 bits per heavy atom. The number of aryl methyl sites for hydroxylation is 1. The number of unbranched alkanes of at least 4 members (excludes halogenated alkanes) is 1. The molecule has 0 atom stereocenters. The van der Waals surface area contributed by atoms with Gasteiger partial charge >= 0.3 is 0 Å². The first-order chi connectivity index (χ1) is 14.6. The lowest BCUT2D eigenvalue weighted by Crippen LogP contribution is -2.10. The molecule has 0 aliphatic carbocycles. The molecule has 0 bridgehead atoms. The van der Waals surface area contributed by atoms with Crippen LogP contribution in [0.1, 0.15) is 37.8 Å². The van der Waals surface area contributed by atoms with Crippen LogP contribution in [0.4, 0.5) is 5.95 Å². The van der Waals surface area contributed by atoms with E-state index in [-0.39, 0.29) is 0 Å². The van der Waals surface area contributed by atoms with E-state index >= 15 is 0 Å². The van der Waals surface area contributed by atoms with E-state index in [0.717, 1.165) is 35.0 Å². The van der Waals surface area contributed by atoms with E-state index in [1.54, 1.807) is 4.68 Å². The predicted molar refractivity (Wildman–Crippen MR) is 121 cm³/mol. The zero-order valence-corrected chi connectivity index (χ0v) is 19.4. The van der Waals surface area contributed by atoms with E-state index in [1.165, 1.54) is 0 Å². The van der Waals surface area contributed by atoms with Crippen molar-refractivity contribution < 1.29 is 9.47 Å². The summed E-state index contributed by atoms with van der Waals surface area (Å²) in [5.41, 5.74) is 2.00. The quantitative estimate of drug-likeness (QED) is 0.380. The standard InChI is InChI=1S/C21H25BrClN5O2/c1-3-5-9-28-21(25-26-27-28)24-13-16-11-19(29-4-2)20(12-18(16)22)30-14-15-7-6-8-17(23)10-15/h6-8,10-12H,3-5,9,13-14H2,1-2H3,(H,24,25,27). The summed E-state index contributed by atoms with van der Waals surface area (Å²) >= 11 is 9.70. The third kappa shape index (κ3) is 6.09. The Balaban J connectivity index is 1.71. The predicted octanol–water partition coefficient (Wildman–Crippen LogP) is 5.48. The summed E-state index contributed by atoms with van der Waals surface area (Å²) in [6.45, 7) is 6.35. The van der Waals surface area contributed by atoms with Gasteiger partial charge in [-0.1, -0.05) is 58.1 Å². The van der Waals surface area contributed by atoms with Crippen LogP contribution < -0.4 is 14.8 Å². The van der Waals surface area contributed by atoms with Gasteiger partial charge in [0.15, 0.2) is 11.5 Å². The smallest absolute Gasteiger partial charge is 0.243 e. The maximum absolute atomic E-state index is 6.06. The third-order valence-electron chi connectivity index (χ3n) is 4.39. The maximum Gasteiger partial charge on any atom is 0.243 e. The number of aromatic nitrogens is 4. The zero-order valence-electron chi connectivity index (χ0n) is 17.1. The fraction of sp³-hybridized carbons (Fsp3) is 0.381. The van der Waals surface area contributed by atoms with Crippen molar-refractivity contribution in [1.82, 2.24) is 20.2 Å². The van der Waals surface area contributed by atoms with Gasteiger partial charge in [-0.05, 0) is 59.2 Å². The highest BCUT2D eigenvalue weighted by Gasteiger charge is 2.13. The molecule has 160 valence electrons. The zero-order chi connectivity index (χ0) is 21.3. The second-order valence-corrected chi connectivity index (χ2v) is 7.97. The van der Waals surface area contributed by atoms with Crippen LogP contribution in [0.25, 0.3) is 0 Å². The highest BCUT2D eigenvalue weighted by atomic mass is 79.9. The number of nitrogens with one attached hydrogen (secondary N) is 1. The number of tetrazole rings is 1. The van der Waals surface area contributed by atoms with Crippen LogP contribution in [0.3, 0.4) is 0 Å². The lowest BCUT2D eigenvalue weighted by atomic mass is 10.2. The van der Waals surface area contributed by atoms with Crippen molar-refractivity contribution >= 4 is 33.5 Å². The molecule has 7 nitrogen and oxygen atoms in total. The Kier molecular flexibility index (Phi) is 8.33. The van der Waals surface area contributed by atoms with Gasteiger partial charge in [0, 0.05) is 22.6 Å². The average molecular weight is 495 g/mol. The largest absolute Gasteiger partial charge is 0.490 e. The van der Waals surface area contributed by atoms with E-state index in [0.29, 0.717) is 42.2 Å². The molecule has 2 aromatic carbocycles. The number of nitrogens with zero attached hydrogens (tertiary/aromatic N) is 4. The van der Waals surface area contributed by atoms with E-state index in [4.69, 9.17) is 21.1 Å². The molecule has 0 saturated carbocycles. The lowest BCUT2D eigenvalue weighted by Gasteiger charge is -2.16. The average Bonchev–Trinajstić information content (AvgIpc) is 3.18. The summed E-state index contributed by atoms with van der Waals surface area (Å²) in [4.78, 5) is 0. The van der Waals surface area contributed by atoms with Crippen molar-refractivity contribution in [2.45, 2.75) is 46.4 Å². The van der Waals surface area contributed by atoms with Gasteiger partial charge in [-0.15, -0.1) is 0 Å². The minimum absolute atomic E-state index is 0.400. The van der Waals surface area contributed by atoms with Gasteiger partial charge in [-0.3, -0.25) is 0 Å². The molecule has 1 N–H and O–H groups in total. The number of ether oxygens (including phenoxy) is 2. The Morgan fingerprint density at radius 3 is 2.73 bits per heavy atom. The second-order valence-electron chi connectivity index (χ2n) is 6.67. The number of rotatable bonds is 11. The fourth-order valence-electron chi connectivity index (χ4n) is 2.85. The van der Waals surface area contributed by atoms with Crippen molar-refractivity contribution in [3.8, 4) is 11.5 Å². The Bertz CT molecular complexity index is 966. The number of halogens is 2. The third-order valence-corrected chi connectivity index (χ3v) is 5.36. The molecule has 0 amide bonds. The van der Waals surface area contributed by atoms with Crippen LogP contribution >= 0.6 is 27.5 Å². The summed E-state index contributed by atoms with van der Waals surface area (Å²) in [6.07, 6.45) is 2.11. The summed E-state index contributed by atoms with van der Waals surface area (Å²) in [5.74, 6) is 2.00. The minimum Gasteiger partial charge on any atom is -0.490 e. The molecule has 3 aromatic rings. The van der Waals surface area contributed by atoms with Gasteiger partial charge in [0.2, 0.25) is 5.95 Å². The van der Waals surface area contributed by atoms with Gasteiger partial charge in [0.1, 0.15) is 6.61 Å². The molecule has 0 saturated heterocycles. The molecule has 0 fully saturated rings. The van der Waals surface area contributed by atoms with Crippen LogP contribution in [0.2, 0.25) is 5.02 Å². The summed E-state index contributed by atoms with van der Waals surface area (Å²) in [5, 5.41) is 15.9. The first kappa shape index (κ1) is 22.4. The second kappa shape index (κ2) is 11.2. The summed E-state index contributed by atoms with van der Waals surface area (Å²) in [6, 6.07) is 11.5. The SMILES string of the molecule is CCCCn1nnnc1NCc1cc(OCC)c(OCc2cccc(Cl)c2)cc1Br. The van der Waals surface area contributed by atoms with Gasteiger partial charge < -0.3 is 14.8 Å². The molecule has 1 aromatic heterocycles. The monoisotopic (exact) mass is 493 g/mol. The van der Waals surface area contributed by atoms with Crippen LogP contribution in [-0.4, -0.2) is 26.8 Å². The Hall–Kier alpha value is -2.32. The van der Waals surface area contributed by atoms with Crippen LogP contribution in [0.15, 0.2) is 40.9 Å². The van der Waals surface area contributed by atoms with Crippen LogP contribution in [0.5, 0.6) is 11.5 Å². The highest BCUT2D eigenvalue weighted by Crippen LogP contribution is 2.35.